The van der Waals surface area contributed by atoms with Crippen LogP contribution in [-0.2, 0) is 0 Å². The number of nitrogens with one attached hydrogen (secondary N) is 1. The van der Waals surface area contributed by atoms with Crippen molar-refractivity contribution in [2.24, 2.45) is 0 Å². The van der Waals surface area contributed by atoms with Gasteiger partial charge in [-0.1, -0.05) is 19.1 Å². The van der Waals surface area contributed by atoms with Gasteiger partial charge >= 0.3 is 0 Å². The average Bonchev–Trinajstić information content (AvgIpc) is 2.30. The first kappa shape index (κ1) is 14.1. The molecule has 0 fully saturated rings. The lowest BCUT2D eigenvalue weighted by Crippen LogP contribution is -2.25. The molecule has 1 unspecified atom stereocenters. The Morgan fingerprint density at radius 2 is 1.88 bits per heavy atom. The molecule has 2 nitrogen and oxygen atoms in total. The number of benzene rings is 1. The van der Waals surface area contributed by atoms with Crippen LogP contribution in [0.3, 0.4) is 0 Å². The van der Waals surface area contributed by atoms with Crippen LogP contribution < -0.4 is 5.32 Å². The summed E-state index contributed by atoms with van der Waals surface area (Å²) in [4.78, 5) is 2.18. The molecule has 0 aliphatic carbocycles. The molecule has 0 saturated carbocycles. The summed E-state index contributed by atoms with van der Waals surface area (Å²) in [6.07, 6.45) is 2.15. The van der Waals surface area contributed by atoms with E-state index in [2.05, 4.69) is 31.2 Å². The van der Waals surface area contributed by atoms with Crippen LogP contribution in [0, 0.1) is 5.82 Å². The molecule has 1 rings (SSSR count). The Labute approximate surface area is 104 Å². The lowest BCUT2D eigenvalue weighted by molar-refractivity contribution is 0.385. The molecule has 17 heavy (non-hydrogen) atoms. The van der Waals surface area contributed by atoms with Crippen LogP contribution in [0.5, 0.6) is 0 Å². The SMILES string of the molecule is CCC(NCCCN(C)C)c1ccc(F)cc1. The van der Waals surface area contributed by atoms with Crippen molar-refractivity contribution in [3.63, 3.8) is 0 Å². The minimum atomic E-state index is -0.170. The predicted octanol–water partition coefficient (Wildman–Crippen LogP) is 2.82. The summed E-state index contributed by atoms with van der Waals surface area (Å²) < 4.78 is 12.8. The highest BCUT2D eigenvalue weighted by Crippen LogP contribution is 2.16. The fourth-order valence-electron chi connectivity index (χ4n) is 1.86. The van der Waals surface area contributed by atoms with Gasteiger partial charge in [0.15, 0.2) is 0 Å². The summed E-state index contributed by atoms with van der Waals surface area (Å²) >= 11 is 0. The van der Waals surface area contributed by atoms with Crippen molar-refractivity contribution in [2.45, 2.75) is 25.8 Å². The average molecular weight is 238 g/mol. The minimum Gasteiger partial charge on any atom is -0.310 e. The summed E-state index contributed by atoms with van der Waals surface area (Å²) in [6, 6.07) is 7.11. The predicted molar refractivity (Wildman–Crippen MR) is 70.6 cm³/mol. The van der Waals surface area contributed by atoms with Gasteiger partial charge in [0, 0.05) is 6.04 Å². The molecule has 3 heteroatoms. The molecule has 1 aromatic carbocycles. The van der Waals surface area contributed by atoms with Gasteiger partial charge in [0.1, 0.15) is 5.82 Å². The normalized spacial score (nSPS) is 13.0. The minimum absolute atomic E-state index is 0.170. The summed E-state index contributed by atoms with van der Waals surface area (Å²) in [6.45, 7) is 4.23. The Balaban J connectivity index is 2.40. The third-order valence-electron chi connectivity index (χ3n) is 2.85. The van der Waals surface area contributed by atoms with E-state index < -0.39 is 0 Å². The monoisotopic (exact) mass is 238 g/mol. The molecule has 0 heterocycles. The number of rotatable bonds is 7. The molecule has 0 amide bonds. The summed E-state index contributed by atoms with van der Waals surface area (Å²) in [5, 5.41) is 3.51. The van der Waals surface area contributed by atoms with Crippen molar-refractivity contribution in [1.29, 1.82) is 0 Å². The molecule has 0 bridgehead atoms. The molecule has 0 spiro atoms. The van der Waals surface area contributed by atoms with Gasteiger partial charge in [-0.15, -0.1) is 0 Å². The van der Waals surface area contributed by atoms with Crippen LogP contribution in [0.2, 0.25) is 0 Å². The smallest absolute Gasteiger partial charge is 0.123 e. The molecule has 0 aliphatic heterocycles. The van der Waals surface area contributed by atoms with Crippen molar-refractivity contribution < 1.29 is 4.39 Å². The van der Waals surface area contributed by atoms with Crippen LogP contribution in [0.15, 0.2) is 24.3 Å². The maximum Gasteiger partial charge on any atom is 0.123 e. The Morgan fingerprint density at radius 1 is 1.24 bits per heavy atom. The van der Waals surface area contributed by atoms with Crippen molar-refractivity contribution in [3.8, 4) is 0 Å². The third kappa shape index (κ3) is 5.29. The fourth-order valence-corrected chi connectivity index (χ4v) is 1.86. The van der Waals surface area contributed by atoms with Crippen LogP contribution >= 0.6 is 0 Å². The van der Waals surface area contributed by atoms with Gasteiger partial charge in [0.2, 0.25) is 0 Å². The number of hydrogen-bond acceptors (Lipinski definition) is 2. The van der Waals surface area contributed by atoms with Crippen LogP contribution in [0.25, 0.3) is 0 Å². The first-order valence-electron chi connectivity index (χ1n) is 6.27. The number of nitrogens with zero attached hydrogens (tertiary/aromatic N) is 1. The Hall–Kier alpha value is -0.930. The second-order valence-corrected chi connectivity index (χ2v) is 4.62. The standard InChI is InChI=1S/C14H23FN2/c1-4-14(16-10-5-11-17(2)3)12-6-8-13(15)9-7-12/h6-9,14,16H,4-5,10-11H2,1-3H3. The van der Waals surface area contributed by atoms with Gasteiger partial charge in [-0.25, -0.2) is 4.39 Å². The molecule has 0 aromatic heterocycles. The zero-order valence-corrected chi connectivity index (χ0v) is 11.0. The van der Waals surface area contributed by atoms with Crippen LogP contribution in [-0.4, -0.2) is 32.1 Å². The Morgan fingerprint density at radius 3 is 2.41 bits per heavy atom. The summed E-state index contributed by atoms with van der Waals surface area (Å²) in [5.74, 6) is -0.170. The van der Waals surface area contributed by atoms with Crippen molar-refractivity contribution in [2.75, 3.05) is 27.2 Å². The Bertz CT molecular complexity index is 309. The van der Waals surface area contributed by atoms with E-state index in [0.29, 0.717) is 6.04 Å². The zero-order chi connectivity index (χ0) is 12.7. The molecule has 0 aliphatic rings. The molecule has 1 aromatic rings. The molecular formula is C14H23FN2. The number of halogens is 1. The van der Waals surface area contributed by atoms with E-state index in [1.807, 2.05) is 12.1 Å². The molecule has 96 valence electrons. The molecule has 1 N–H and O–H groups in total. The van der Waals surface area contributed by atoms with Gasteiger partial charge in [0.05, 0.1) is 0 Å². The molecule has 0 saturated heterocycles. The highest BCUT2D eigenvalue weighted by atomic mass is 19.1. The van der Waals surface area contributed by atoms with E-state index in [1.54, 1.807) is 0 Å². The topological polar surface area (TPSA) is 15.3 Å². The third-order valence-corrected chi connectivity index (χ3v) is 2.85. The first-order chi connectivity index (χ1) is 8.13. The lowest BCUT2D eigenvalue weighted by atomic mass is 10.0. The highest BCUT2D eigenvalue weighted by molar-refractivity contribution is 5.19. The number of hydrogen-bond donors (Lipinski definition) is 1. The second-order valence-electron chi connectivity index (χ2n) is 4.62. The second kappa shape index (κ2) is 7.41. The van der Waals surface area contributed by atoms with E-state index in [4.69, 9.17) is 0 Å². The lowest BCUT2D eigenvalue weighted by Gasteiger charge is -2.18. The summed E-state index contributed by atoms with van der Waals surface area (Å²) in [7, 11) is 4.16. The van der Waals surface area contributed by atoms with Gasteiger partial charge in [0.25, 0.3) is 0 Å². The van der Waals surface area contributed by atoms with Crippen molar-refractivity contribution in [1.82, 2.24) is 10.2 Å². The van der Waals surface area contributed by atoms with Gasteiger partial charge in [-0.3, -0.25) is 0 Å². The fraction of sp³-hybridized carbons (Fsp3) is 0.571. The molecule has 1 atom stereocenters. The van der Waals surface area contributed by atoms with E-state index in [0.717, 1.165) is 25.9 Å². The highest BCUT2D eigenvalue weighted by Gasteiger charge is 2.07. The maximum atomic E-state index is 12.8. The van der Waals surface area contributed by atoms with Crippen molar-refractivity contribution in [3.05, 3.63) is 35.6 Å². The van der Waals surface area contributed by atoms with E-state index in [-0.39, 0.29) is 5.82 Å². The van der Waals surface area contributed by atoms with Gasteiger partial charge < -0.3 is 10.2 Å². The van der Waals surface area contributed by atoms with Gasteiger partial charge in [-0.05, 0) is 57.7 Å². The van der Waals surface area contributed by atoms with E-state index >= 15 is 0 Å². The summed E-state index contributed by atoms with van der Waals surface area (Å²) in [5.41, 5.74) is 1.17. The molecular weight excluding hydrogens is 215 g/mol. The van der Waals surface area contributed by atoms with Crippen LogP contribution in [0.4, 0.5) is 4.39 Å². The Kier molecular flexibility index (Phi) is 6.16. The van der Waals surface area contributed by atoms with E-state index in [1.165, 1.54) is 17.7 Å². The van der Waals surface area contributed by atoms with Crippen LogP contribution in [0.1, 0.15) is 31.4 Å². The van der Waals surface area contributed by atoms with E-state index in [9.17, 15) is 4.39 Å². The largest absolute Gasteiger partial charge is 0.310 e. The van der Waals surface area contributed by atoms with Gasteiger partial charge in [-0.2, -0.15) is 0 Å². The first-order valence-corrected chi connectivity index (χ1v) is 6.27. The molecule has 0 radical (unpaired) electrons. The van der Waals surface area contributed by atoms with Crippen molar-refractivity contribution >= 4 is 0 Å². The zero-order valence-electron chi connectivity index (χ0n) is 11.0. The quantitative estimate of drug-likeness (QED) is 0.735. The maximum absolute atomic E-state index is 12.8.